The molecule has 0 amide bonds. The largest absolute Gasteiger partial charge is 0.469 e. The quantitative estimate of drug-likeness (QED) is 0.489. The first-order chi connectivity index (χ1) is 7.20. The third kappa shape index (κ3) is 10.1. The number of carbonyl (C=O) groups is 1. The molecule has 0 aliphatic carbocycles. The van der Waals surface area contributed by atoms with Crippen LogP contribution >= 0.6 is 11.8 Å². The topological polar surface area (TPSA) is 38.3 Å². The van der Waals surface area contributed by atoms with Crippen LogP contribution in [0.2, 0.25) is 0 Å². The number of rotatable bonds is 9. The van der Waals surface area contributed by atoms with E-state index in [0.29, 0.717) is 12.5 Å². The molecule has 0 aromatic heterocycles. The number of esters is 1. The molecule has 3 nitrogen and oxygen atoms in total. The van der Waals surface area contributed by atoms with Gasteiger partial charge in [-0.15, -0.1) is 0 Å². The Morgan fingerprint density at radius 3 is 2.80 bits per heavy atom. The van der Waals surface area contributed by atoms with Gasteiger partial charge in [0.05, 0.1) is 13.5 Å². The molecule has 0 saturated carbocycles. The molecule has 0 rings (SSSR count). The maximum Gasteiger partial charge on any atom is 0.306 e. The minimum absolute atomic E-state index is 0.111. The molecule has 0 bridgehead atoms. The third-order valence-corrected chi connectivity index (χ3v) is 3.13. The van der Waals surface area contributed by atoms with E-state index >= 15 is 0 Å². The number of nitrogens with one attached hydrogen (secondary N) is 1. The van der Waals surface area contributed by atoms with Crippen molar-refractivity contribution in [3.63, 3.8) is 0 Å². The summed E-state index contributed by atoms with van der Waals surface area (Å²) in [6.45, 7) is 5.47. The van der Waals surface area contributed by atoms with Gasteiger partial charge in [0.25, 0.3) is 0 Å². The fourth-order valence-corrected chi connectivity index (χ4v) is 2.15. The van der Waals surface area contributed by atoms with Gasteiger partial charge in [-0.05, 0) is 32.1 Å². The van der Waals surface area contributed by atoms with Crippen LogP contribution in [0.1, 0.15) is 33.1 Å². The van der Waals surface area contributed by atoms with E-state index < -0.39 is 0 Å². The Bertz CT molecular complexity index is 165. The summed E-state index contributed by atoms with van der Waals surface area (Å²) < 4.78 is 4.57. The lowest BCUT2D eigenvalue weighted by Crippen LogP contribution is -2.27. The van der Waals surface area contributed by atoms with E-state index in [-0.39, 0.29) is 5.97 Å². The van der Waals surface area contributed by atoms with Crippen LogP contribution in [0.4, 0.5) is 0 Å². The van der Waals surface area contributed by atoms with Crippen molar-refractivity contribution in [2.45, 2.75) is 39.2 Å². The van der Waals surface area contributed by atoms with Crippen LogP contribution in [0.5, 0.6) is 0 Å². The van der Waals surface area contributed by atoms with Crippen molar-refractivity contribution in [3.8, 4) is 0 Å². The fraction of sp³-hybridized carbons (Fsp3) is 0.909. The summed E-state index contributed by atoms with van der Waals surface area (Å²) in [5, 5.41) is 3.44. The molecule has 15 heavy (non-hydrogen) atoms. The number of ether oxygens (including phenoxy) is 1. The van der Waals surface area contributed by atoms with Crippen molar-refractivity contribution < 1.29 is 9.53 Å². The molecule has 0 heterocycles. The lowest BCUT2D eigenvalue weighted by molar-refractivity contribution is -0.140. The molecule has 0 aliphatic rings. The second-order valence-corrected chi connectivity index (χ2v) is 4.81. The van der Waals surface area contributed by atoms with Gasteiger partial charge in [-0.2, -0.15) is 11.8 Å². The van der Waals surface area contributed by atoms with E-state index in [1.807, 2.05) is 11.8 Å². The number of methoxy groups -OCH3 is 1. The molecule has 0 saturated heterocycles. The molecular formula is C11H23NO2S. The molecule has 4 heteroatoms. The van der Waals surface area contributed by atoms with Gasteiger partial charge in [-0.25, -0.2) is 0 Å². The highest BCUT2D eigenvalue weighted by molar-refractivity contribution is 7.99. The average Bonchev–Trinajstić information content (AvgIpc) is 2.25. The normalized spacial score (nSPS) is 12.5. The number of carbonyl (C=O) groups excluding carboxylic acids is 1. The first-order valence-electron chi connectivity index (χ1n) is 5.58. The van der Waals surface area contributed by atoms with Gasteiger partial charge >= 0.3 is 5.97 Å². The monoisotopic (exact) mass is 233 g/mol. The molecule has 1 atom stereocenters. The van der Waals surface area contributed by atoms with Gasteiger partial charge < -0.3 is 10.1 Å². The van der Waals surface area contributed by atoms with E-state index in [2.05, 4.69) is 23.9 Å². The minimum Gasteiger partial charge on any atom is -0.469 e. The standard InChI is InChI=1S/C11H23NO2S/c1-4-7-12-10(2)5-8-15-9-6-11(13)14-3/h10,12H,4-9H2,1-3H3. The number of hydrogen-bond donors (Lipinski definition) is 1. The highest BCUT2D eigenvalue weighted by Crippen LogP contribution is 2.07. The van der Waals surface area contributed by atoms with Crippen molar-refractivity contribution in [1.82, 2.24) is 5.32 Å². The van der Waals surface area contributed by atoms with Crippen molar-refractivity contribution >= 4 is 17.7 Å². The molecule has 1 N–H and O–H groups in total. The van der Waals surface area contributed by atoms with Crippen molar-refractivity contribution in [2.24, 2.45) is 0 Å². The van der Waals surface area contributed by atoms with Crippen LogP contribution in [0.25, 0.3) is 0 Å². The van der Waals surface area contributed by atoms with E-state index in [0.717, 1.165) is 24.5 Å². The second-order valence-electron chi connectivity index (χ2n) is 3.58. The molecule has 0 aliphatic heterocycles. The number of hydrogen-bond acceptors (Lipinski definition) is 4. The van der Waals surface area contributed by atoms with Gasteiger partial charge in [0.1, 0.15) is 0 Å². The summed E-state index contributed by atoms with van der Waals surface area (Å²) in [5.41, 5.74) is 0. The predicted molar refractivity (Wildman–Crippen MR) is 66.3 cm³/mol. The molecule has 0 radical (unpaired) electrons. The van der Waals surface area contributed by atoms with Crippen LogP contribution in [0.15, 0.2) is 0 Å². The van der Waals surface area contributed by atoms with Crippen LogP contribution in [-0.4, -0.2) is 37.2 Å². The average molecular weight is 233 g/mol. The number of thioether (sulfide) groups is 1. The van der Waals surface area contributed by atoms with Crippen LogP contribution < -0.4 is 5.32 Å². The van der Waals surface area contributed by atoms with E-state index in [9.17, 15) is 4.79 Å². The smallest absolute Gasteiger partial charge is 0.306 e. The zero-order chi connectivity index (χ0) is 11.5. The lowest BCUT2D eigenvalue weighted by atomic mass is 10.2. The Hall–Kier alpha value is -0.220. The van der Waals surface area contributed by atoms with Gasteiger partial charge in [0.2, 0.25) is 0 Å². The molecule has 0 spiro atoms. The summed E-state index contributed by atoms with van der Waals surface area (Å²) in [4.78, 5) is 10.8. The van der Waals surface area contributed by atoms with E-state index in [1.165, 1.54) is 13.5 Å². The summed E-state index contributed by atoms with van der Waals surface area (Å²) in [6, 6.07) is 0.579. The Morgan fingerprint density at radius 1 is 1.47 bits per heavy atom. The Kier molecular flexibility index (Phi) is 10.2. The highest BCUT2D eigenvalue weighted by Gasteiger charge is 2.02. The maximum atomic E-state index is 10.8. The minimum atomic E-state index is -0.111. The zero-order valence-corrected chi connectivity index (χ0v) is 10.9. The molecule has 0 fully saturated rings. The third-order valence-electron chi connectivity index (χ3n) is 2.12. The molecule has 1 unspecified atom stereocenters. The van der Waals surface area contributed by atoms with Gasteiger partial charge in [0, 0.05) is 11.8 Å². The summed E-state index contributed by atoms with van der Waals surface area (Å²) in [5.74, 6) is 1.86. The van der Waals surface area contributed by atoms with Crippen LogP contribution in [-0.2, 0) is 9.53 Å². The fourth-order valence-electron chi connectivity index (χ4n) is 1.11. The first-order valence-corrected chi connectivity index (χ1v) is 6.74. The molecule has 90 valence electrons. The van der Waals surface area contributed by atoms with E-state index in [4.69, 9.17) is 0 Å². The Morgan fingerprint density at radius 2 is 2.20 bits per heavy atom. The van der Waals surface area contributed by atoms with Crippen molar-refractivity contribution in [2.75, 3.05) is 25.2 Å². The zero-order valence-electron chi connectivity index (χ0n) is 10.0. The summed E-state index contributed by atoms with van der Waals surface area (Å²) in [6.07, 6.45) is 2.86. The molecule has 0 aromatic rings. The molecular weight excluding hydrogens is 210 g/mol. The first kappa shape index (κ1) is 14.8. The molecule has 0 aromatic carbocycles. The summed E-state index contributed by atoms with van der Waals surface area (Å²) >= 11 is 1.82. The predicted octanol–water partition coefficient (Wildman–Crippen LogP) is 2.06. The van der Waals surface area contributed by atoms with Crippen LogP contribution in [0, 0.1) is 0 Å². The van der Waals surface area contributed by atoms with Crippen molar-refractivity contribution in [1.29, 1.82) is 0 Å². The highest BCUT2D eigenvalue weighted by atomic mass is 32.2. The summed E-state index contributed by atoms with van der Waals surface area (Å²) in [7, 11) is 1.43. The van der Waals surface area contributed by atoms with Gasteiger partial charge in [0.15, 0.2) is 0 Å². The van der Waals surface area contributed by atoms with Crippen LogP contribution in [0.3, 0.4) is 0 Å². The Labute approximate surface area is 97.3 Å². The van der Waals surface area contributed by atoms with Crippen molar-refractivity contribution in [3.05, 3.63) is 0 Å². The lowest BCUT2D eigenvalue weighted by Gasteiger charge is -2.12. The second kappa shape index (κ2) is 10.3. The Balaban J connectivity index is 3.19. The van der Waals surface area contributed by atoms with Gasteiger partial charge in [-0.3, -0.25) is 4.79 Å². The SMILES string of the molecule is CCCNC(C)CCSCCC(=O)OC. The van der Waals surface area contributed by atoms with E-state index in [1.54, 1.807) is 0 Å². The van der Waals surface area contributed by atoms with Gasteiger partial charge in [-0.1, -0.05) is 6.92 Å². The maximum absolute atomic E-state index is 10.8.